The van der Waals surface area contributed by atoms with Crippen molar-refractivity contribution in [2.45, 2.75) is 19.0 Å². The Balaban J connectivity index is 1.61. The van der Waals surface area contributed by atoms with Crippen molar-refractivity contribution < 1.29 is 28.1 Å². The van der Waals surface area contributed by atoms with Gasteiger partial charge < -0.3 is 4.90 Å². The number of amides is 3. The summed E-state index contributed by atoms with van der Waals surface area (Å²) in [5.74, 6) is -3.57. The van der Waals surface area contributed by atoms with Crippen molar-refractivity contribution in [1.29, 1.82) is 0 Å². The van der Waals surface area contributed by atoms with Crippen molar-refractivity contribution >= 4 is 29.1 Å². The zero-order valence-electron chi connectivity index (χ0n) is 17.6. The Bertz CT molecular complexity index is 1410. The van der Waals surface area contributed by atoms with Crippen molar-refractivity contribution in [3.8, 4) is 0 Å². The Morgan fingerprint density at radius 3 is 2.24 bits per heavy atom. The molecule has 0 unspecified atom stereocenters. The number of aryl methyl sites for hydroxylation is 1. The Labute approximate surface area is 191 Å². The van der Waals surface area contributed by atoms with Crippen molar-refractivity contribution in [2.75, 3.05) is 4.90 Å². The number of imide groups is 1. The summed E-state index contributed by atoms with van der Waals surface area (Å²) < 4.78 is 27.8. The first kappa shape index (κ1) is 21.4. The van der Waals surface area contributed by atoms with E-state index in [1.54, 1.807) is 6.92 Å². The van der Waals surface area contributed by atoms with Gasteiger partial charge >= 0.3 is 0 Å². The molecule has 8 nitrogen and oxygen atoms in total. The predicted octanol–water partition coefficient (Wildman–Crippen LogP) is 3.93. The summed E-state index contributed by atoms with van der Waals surface area (Å²) in [5.41, 5.74) is -0.146. The highest BCUT2D eigenvalue weighted by Gasteiger charge is 2.58. The van der Waals surface area contributed by atoms with Gasteiger partial charge in [-0.2, -0.15) is 0 Å². The summed E-state index contributed by atoms with van der Waals surface area (Å²) in [6.07, 6.45) is 0. The van der Waals surface area contributed by atoms with Gasteiger partial charge in [-0.15, -0.1) is 0 Å². The molecule has 3 amide bonds. The summed E-state index contributed by atoms with van der Waals surface area (Å²) in [6, 6.07) is 10.7. The van der Waals surface area contributed by atoms with E-state index in [0.717, 1.165) is 24.3 Å². The van der Waals surface area contributed by atoms with Crippen LogP contribution in [0.4, 0.5) is 20.2 Å². The molecule has 170 valence electrons. The number of halogens is 2. The molecule has 0 N–H and O–H groups in total. The molecular weight excluding hydrogens is 448 g/mol. The van der Waals surface area contributed by atoms with Gasteiger partial charge in [-0.25, -0.2) is 8.78 Å². The van der Waals surface area contributed by atoms with Gasteiger partial charge in [0.15, 0.2) is 0 Å². The van der Waals surface area contributed by atoms with E-state index in [2.05, 4.69) is 0 Å². The average molecular weight is 463 g/mol. The van der Waals surface area contributed by atoms with E-state index < -0.39 is 52.1 Å². The molecule has 0 aromatic heterocycles. The lowest BCUT2D eigenvalue weighted by Crippen LogP contribution is -2.67. The number of carbonyl (C=O) groups excluding carboxylic acids is 3. The first-order valence-electron chi connectivity index (χ1n) is 10.2. The number of anilines is 1. The number of rotatable bonds is 4. The van der Waals surface area contributed by atoms with Crippen LogP contribution in [-0.4, -0.2) is 33.6 Å². The minimum atomic E-state index is -1.35. The summed E-state index contributed by atoms with van der Waals surface area (Å²) in [4.78, 5) is 52.2. The molecule has 0 spiro atoms. The van der Waals surface area contributed by atoms with Crippen LogP contribution in [0.3, 0.4) is 0 Å². The SMILES string of the molecule is Cc1ccc(N2C(=O)[C@H](N3C(=O)c4cccc([N+](=O)[O-])c4C3=O)[C@@H]2c2ccc(F)cc2)cc1F. The topological polar surface area (TPSA) is 101 Å². The zero-order valence-corrected chi connectivity index (χ0v) is 17.6. The summed E-state index contributed by atoms with van der Waals surface area (Å²) >= 11 is 0. The largest absolute Gasteiger partial charge is 0.300 e. The fourth-order valence-electron chi connectivity index (χ4n) is 4.43. The van der Waals surface area contributed by atoms with Crippen LogP contribution in [0.1, 0.15) is 37.9 Å². The molecule has 0 bridgehead atoms. The first-order valence-corrected chi connectivity index (χ1v) is 10.2. The Morgan fingerprint density at radius 2 is 1.59 bits per heavy atom. The third-order valence-electron chi connectivity index (χ3n) is 6.11. The normalized spacial score (nSPS) is 19.3. The number of nitrogens with zero attached hydrogens (tertiary/aromatic N) is 3. The molecule has 2 aliphatic rings. The van der Waals surface area contributed by atoms with E-state index in [9.17, 15) is 33.3 Å². The van der Waals surface area contributed by atoms with Crippen molar-refractivity contribution in [1.82, 2.24) is 4.90 Å². The van der Waals surface area contributed by atoms with E-state index >= 15 is 0 Å². The van der Waals surface area contributed by atoms with Gasteiger partial charge in [0.05, 0.1) is 16.5 Å². The van der Waals surface area contributed by atoms with Crippen LogP contribution in [0.2, 0.25) is 0 Å². The molecule has 2 heterocycles. The summed E-state index contributed by atoms with van der Waals surface area (Å²) in [7, 11) is 0. The van der Waals surface area contributed by atoms with Crippen LogP contribution in [0.5, 0.6) is 0 Å². The highest BCUT2D eigenvalue weighted by molar-refractivity contribution is 6.26. The minimum Gasteiger partial charge on any atom is -0.300 e. The lowest BCUT2D eigenvalue weighted by molar-refractivity contribution is -0.385. The predicted molar refractivity (Wildman–Crippen MR) is 115 cm³/mol. The third-order valence-corrected chi connectivity index (χ3v) is 6.11. The fraction of sp³-hybridized carbons (Fsp3) is 0.125. The second-order valence-electron chi connectivity index (χ2n) is 8.02. The van der Waals surface area contributed by atoms with E-state index in [4.69, 9.17) is 0 Å². The Hall–Kier alpha value is -4.47. The molecule has 0 radical (unpaired) electrons. The number of benzene rings is 3. The summed E-state index contributed by atoms with van der Waals surface area (Å²) in [6.45, 7) is 1.56. The number of carbonyl (C=O) groups is 3. The highest BCUT2D eigenvalue weighted by atomic mass is 19.1. The molecule has 3 aromatic rings. The standard InChI is InChI=1S/C24H15F2N3O5/c1-12-5-10-15(11-17(12)26)27-20(13-6-8-14(25)9-7-13)21(24(27)32)28-22(30)16-3-2-4-18(29(33)34)19(16)23(28)31/h2-11,20-21H,1H3/t20-,21+/m0/s1. The maximum Gasteiger partial charge on any atom is 0.282 e. The molecule has 3 aromatic carbocycles. The molecule has 2 atom stereocenters. The van der Waals surface area contributed by atoms with Crippen LogP contribution in [0, 0.1) is 28.7 Å². The molecule has 2 aliphatic heterocycles. The van der Waals surface area contributed by atoms with E-state index in [1.807, 2.05) is 0 Å². The molecule has 1 fully saturated rings. The van der Waals surface area contributed by atoms with Crippen LogP contribution >= 0.6 is 0 Å². The van der Waals surface area contributed by atoms with Crippen LogP contribution in [0.15, 0.2) is 60.7 Å². The van der Waals surface area contributed by atoms with Gasteiger partial charge in [-0.05, 0) is 48.4 Å². The van der Waals surface area contributed by atoms with Gasteiger partial charge in [-0.3, -0.25) is 29.4 Å². The van der Waals surface area contributed by atoms with Gasteiger partial charge in [-0.1, -0.05) is 24.3 Å². The molecule has 0 aliphatic carbocycles. The zero-order chi connectivity index (χ0) is 24.3. The number of nitro benzene ring substituents is 1. The molecular formula is C24H15F2N3O5. The first-order chi connectivity index (χ1) is 16.2. The Kier molecular flexibility index (Phi) is 4.75. The smallest absolute Gasteiger partial charge is 0.282 e. The average Bonchev–Trinajstić information content (AvgIpc) is 3.05. The monoisotopic (exact) mass is 463 g/mol. The quantitative estimate of drug-likeness (QED) is 0.253. The third kappa shape index (κ3) is 2.99. The molecule has 10 heteroatoms. The number of nitro groups is 1. The molecule has 0 saturated carbocycles. The van der Waals surface area contributed by atoms with E-state index in [1.165, 1.54) is 41.3 Å². The maximum absolute atomic E-state index is 14.3. The number of fused-ring (bicyclic) bond motifs is 1. The van der Waals surface area contributed by atoms with Crippen LogP contribution in [-0.2, 0) is 4.79 Å². The van der Waals surface area contributed by atoms with E-state index in [-0.39, 0.29) is 16.8 Å². The fourth-order valence-corrected chi connectivity index (χ4v) is 4.43. The van der Waals surface area contributed by atoms with Crippen molar-refractivity contribution in [2.24, 2.45) is 0 Å². The number of β-lactam (4-membered cyclic amide) rings is 1. The maximum atomic E-state index is 14.3. The van der Waals surface area contributed by atoms with Crippen LogP contribution in [0.25, 0.3) is 0 Å². The van der Waals surface area contributed by atoms with Crippen molar-refractivity contribution in [3.05, 3.63) is 105 Å². The van der Waals surface area contributed by atoms with Gasteiger partial charge in [0.1, 0.15) is 23.2 Å². The second kappa shape index (κ2) is 7.55. The minimum absolute atomic E-state index is 0.176. The molecule has 5 rings (SSSR count). The van der Waals surface area contributed by atoms with E-state index in [0.29, 0.717) is 16.0 Å². The molecule has 1 saturated heterocycles. The Morgan fingerprint density at radius 1 is 0.882 bits per heavy atom. The van der Waals surface area contributed by atoms with Gasteiger partial charge in [0.25, 0.3) is 23.4 Å². The molecule has 34 heavy (non-hydrogen) atoms. The number of hydrogen-bond acceptors (Lipinski definition) is 5. The lowest BCUT2D eigenvalue weighted by Gasteiger charge is -2.49. The van der Waals surface area contributed by atoms with Gasteiger partial charge in [0, 0.05) is 11.8 Å². The van der Waals surface area contributed by atoms with Crippen LogP contribution < -0.4 is 4.90 Å². The van der Waals surface area contributed by atoms with Gasteiger partial charge in [0.2, 0.25) is 0 Å². The second-order valence-corrected chi connectivity index (χ2v) is 8.02. The number of hydrogen-bond donors (Lipinski definition) is 0. The lowest BCUT2D eigenvalue weighted by atomic mass is 9.86. The highest BCUT2D eigenvalue weighted by Crippen LogP contribution is 2.45. The van der Waals surface area contributed by atoms with Crippen molar-refractivity contribution in [3.63, 3.8) is 0 Å². The summed E-state index contributed by atoms with van der Waals surface area (Å²) in [5, 5.41) is 11.4.